The van der Waals surface area contributed by atoms with E-state index in [1.807, 2.05) is 20.8 Å². The molecule has 2 amide bonds. The monoisotopic (exact) mass is 489 g/mol. The van der Waals surface area contributed by atoms with Crippen LogP contribution in [0.3, 0.4) is 0 Å². The molecule has 5 atom stereocenters. The Balaban J connectivity index is 1.52. The zero-order valence-corrected chi connectivity index (χ0v) is 21.0. The molecule has 0 bridgehead atoms. The van der Waals surface area contributed by atoms with Crippen molar-refractivity contribution in [1.29, 1.82) is 0 Å². The standard InChI is InChI=1S/C25H42F3N3O3/c1-15-7-10-18(14-20(15)25(26,27)28)30-22(32)19-6-5-13-29-21(19)16-8-11-17(12-9-16)31-23(33)34-24(2,3)4/h15-21,29H,5-14H2,1-4H3,(H,30,32)(H,31,33). The Kier molecular flexibility index (Phi) is 8.80. The first-order chi connectivity index (χ1) is 15.8. The van der Waals surface area contributed by atoms with Gasteiger partial charge in [-0.2, -0.15) is 13.2 Å². The van der Waals surface area contributed by atoms with Crippen molar-refractivity contribution in [2.75, 3.05) is 6.54 Å². The molecule has 3 aliphatic rings. The molecule has 0 aromatic heterocycles. The number of piperidine rings is 1. The number of alkyl carbamates (subject to hydrolysis) is 1. The SMILES string of the molecule is CC1CCC(NC(=O)C2CCCNC2C2CCC(NC(=O)OC(C)(C)C)CC2)CC1C(F)(F)F. The first kappa shape index (κ1) is 27.1. The first-order valence-corrected chi connectivity index (χ1v) is 12.9. The summed E-state index contributed by atoms with van der Waals surface area (Å²) in [5, 5.41) is 9.47. The molecule has 3 fully saturated rings. The fraction of sp³-hybridized carbons (Fsp3) is 0.920. The molecule has 34 heavy (non-hydrogen) atoms. The van der Waals surface area contributed by atoms with Crippen LogP contribution in [0.25, 0.3) is 0 Å². The summed E-state index contributed by atoms with van der Waals surface area (Å²) in [5.74, 6) is -1.77. The van der Waals surface area contributed by atoms with Gasteiger partial charge >= 0.3 is 12.3 Å². The topological polar surface area (TPSA) is 79.5 Å². The third-order valence-corrected chi connectivity index (χ3v) is 7.81. The summed E-state index contributed by atoms with van der Waals surface area (Å²) < 4.78 is 45.5. The van der Waals surface area contributed by atoms with Crippen LogP contribution in [0.5, 0.6) is 0 Å². The van der Waals surface area contributed by atoms with Crippen molar-refractivity contribution >= 4 is 12.0 Å². The zero-order valence-electron chi connectivity index (χ0n) is 21.0. The Bertz CT molecular complexity index is 702. The van der Waals surface area contributed by atoms with E-state index in [1.165, 1.54) is 0 Å². The highest BCUT2D eigenvalue weighted by molar-refractivity contribution is 5.80. The van der Waals surface area contributed by atoms with E-state index in [9.17, 15) is 22.8 Å². The van der Waals surface area contributed by atoms with Crippen LogP contribution in [0.1, 0.15) is 85.5 Å². The van der Waals surface area contributed by atoms with Crippen LogP contribution in [0.2, 0.25) is 0 Å². The van der Waals surface area contributed by atoms with Crippen molar-refractivity contribution in [3.8, 4) is 0 Å². The maximum atomic E-state index is 13.4. The Labute approximate surface area is 201 Å². The molecule has 9 heteroatoms. The van der Waals surface area contributed by atoms with E-state index in [0.29, 0.717) is 18.8 Å². The minimum atomic E-state index is -4.22. The van der Waals surface area contributed by atoms with Gasteiger partial charge in [-0.25, -0.2) is 4.79 Å². The van der Waals surface area contributed by atoms with Crippen LogP contribution in [0.4, 0.5) is 18.0 Å². The molecule has 3 N–H and O–H groups in total. The highest BCUT2D eigenvalue weighted by atomic mass is 19.4. The van der Waals surface area contributed by atoms with Crippen LogP contribution in [0.15, 0.2) is 0 Å². The van der Waals surface area contributed by atoms with E-state index in [-0.39, 0.29) is 30.3 Å². The lowest BCUT2D eigenvalue weighted by molar-refractivity contribution is -0.196. The van der Waals surface area contributed by atoms with Crippen LogP contribution < -0.4 is 16.0 Å². The van der Waals surface area contributed by atoms with Crippen molar-refractivity contribution in [2.45, 2.75) is 115 Å². The number of hydrogen-bond donors (Lipinski definition) is 3. The van der Waals surface area contributed by atoms with Crippen molar-refractivity contribution in [1.82, 2.24) is 16.0 Å². The van der Waals surface area contributed by atoms with Crippen molar-refractivity contribution in [3.05, 3.63) is 0 Å². The van der Waals surface area contributed by atoms with Gasteiger partial charge in [-0.1, -0.05) is 6.92 Å². The highest BCUT2D eigenvalue weighted by Gasteiger charge is 2.47. The largest absolute Gasteiger partial charge is 0.444 e. The number of amides is 2. The van der Waals surface area contributed by atoms with Gasteiger partial charge in [-0.3, -0.25) is 4.79 Å². The van der Waals surface area contributed by atoms with Crippen molar-refractivity contribution in [3.63, 3.8) is 0 Å². The van der Waals surface area contributed by atoms with Crippen LogP contribution in [-0.4, -0.2) is 48.4 Å². The molecule has 1 saturated heterocycles. The minimum Gasteiger partial charge on any atom is -0.444 e. The van der Waals surface area contributed by atoms with E-state index >= 15 is 0 Å². The average molecular weight is 490 g/mol. The third kappa shape index (κ3) is 7.49. The second-order valence-corrected chi connectivity index (χ2v) is 11.6. The molecule has 6 nitrogen and oxygen atoms in total. The summed E-state index contributed by atoms with van der Waals surface area (Å²) in [7, 11) is 0. The quantitative estimate of drug-likeness (QED) is 0.524. The van der Waals surface area contributed by atoms with Gasteiger partial charge < -0.3 is 20.7 Å². The number of carbonyl (C=O) groups is 2. The summed E-state index contributed by atoms with van der Waals surface area (Å²) in [6.07, 6.45) is 1.51. The zero-order chi connectivity index (χ0) is 25.1. The van der Waals surface area contributed by atoms with Crippen molar-refractivity contribution in [2.24, 2.45) is 23.7 Å². The number of alkyl halides is 3. The molecular formula is C25H42F3N3O3. The van der Waals surface area contributed by atoms with E-state index in [2.05, 4.69) is 16.0 Å². The first-order valence-electron chi connectivity index (χ1n) is 12.9. The maximum absolute atomic E-state index is 13.4. The van der Waals surface area contributed by atoms with Gasteiger partial charge in [0.15, 0.2) is 0 Å². The van der Waals surface area contributed by atoms with E-state index < -0.39 is 35.7 Å². The number of halogens is 3. The van der Waals surface area contributed by atoms with Crippen LogP contribution in [0, 0.1) is 23.7 Å². The molecular weight excluding hydrogens is 447 g/mol. The normalized spacial score (nSPS) is 35.3. The molecule has 5 unspecified atom stereocenters. The van der Waals surface area contributed by atoms with E-state index in [1.54, 1.807) is 6.92 Å². The van der Waals surface area contributed by atoms with Gasteiger partial charge in [0.1, 0.15) is 5.60 Å². The van der Waals surface area contributed by atoms with Crippen LogP contribution >= 0.6 is 0 Å². The predicted octanol–water partition coefficient (Wildman–Crippen LogP) is 4.92. The van der Waals surface area contributed by atoms with E-state index in [4.69, 9.17) is 4.74 Å². The van der Waals surface area contributed by atoms with Gasteiger partial charge in [-0.05, 0) is 96.9 Å². The fourth-order valence-electron chi connectivity index (χ4n) is 6.02. The molecule has 196 valence electrons. The van der Waals surface area contributed by atoms with Gasteiger partial charge in [-0.15, -0.1) is 0 Å². The van der Waals surface area contributed by atoms with Crippen LogP contribution in [-0.2, 0) is 9.53 Å². The average Bonchev–Trinajstić information content (AvgIpc) is 2.73. The lowest BCUT2D eigenvalue weighted by Gasteiger charge is -2.42. The fourth-order valence-corrected chi connectivity index (χ4v) is 6.02. The second-order valence-electron chi connectivity index (χ2n) is 11.6. The number of rotatable bonds is 4. The molecule has 0 aromatic carbocycles. The molecule has 1 aliphatic heterocycles. The number of ether oxygens (including phenoxy) is 1. The molecule has 2 saturated carbocycles. The maximum Gasteiger partial charge on any atom is 0.407 e. The molecule has 0 spiro atoms. The molecule has 0 aromatic rings. The summed E-state index contributed by atoms with van der Waals surface area (Å²) >= 11 is 0. The summed E-state index contributed by atoms with van der Waals surface area (Å²) in [5.41, 5.74) is -0.537. The predicted molar refractivity (Wildman–Crippen MR) is 124 cm³/mol. The van der Waals surface area contributed by atoms with Crippen molar-refractivity contribution < 1.29 is 27.5 Å². The summed E-state index contributed by atoms with van der Waals surface area (Å²) in [6.45, 7) is 8.01. The highest BCUT2D eigenvalue weighted by Crippen LogP contribution is 2.41. The van der Waals surface area contributed by atoms with Gasteiger partial charge in [0, 0.05) is 18.1 Å². The lowest BCUT2D eigenvalue weighted by atomic mass is 9.73. The van der Waals surface area contributed by atoms with E-state index in [0.717, 1.165) is 45.1 Å². The number of carbonyl (C=O) groups excluding carboxylic acids is 2. The molecule has 2 aliphatic carbocycles. The molecule has 1 heterocycles. The minimum absolute atomic E-state index is 0.0251. The molecule has 3 rings (SSSR count). The third-order valence-electron chi connectivity index (χ3n) is 7.81. The Morgan fingerprint density at radius 3 is 2.18 bits per heavy atom. The lowest BCUT2D eigenvalue weighted by Crippen LogP contribution is -2.55. The summed E-state index contributed by atoms with van der Waals surface area (Å²) in [4.78, 5) is 25.3. The Morgan fingerprint density at radius 2 is 1.56 bits per heavy atom. The second kappa shape index (κ2) is 11.0. The number of nitrogens with one attached hydrogen (secondary N) is 3. The van der Waals surface area contributed by atoms with Gasteiger partial charge in [0.05, 0.1) is 11.8 Å². The summed E-state index contributed by atoms with van der Waals surface area (Å²) in [6, 6.07) is -0.325. The number of hydrogen-bond acceptors (Lipinski definition) is 4. The van der Waals surface area contributed by atoms with Gasteiger partial charge in [0.25, 0.3) is 0 Å². The Morgan fingerprint density at radius 1 is 0.912 bits per heavy atom. The molecule has 0 radical (unpaired) electrons. The smallest absolute Gasteiger partial charge is 0.407 e. The Hall–Kier alpha value is -1.51. The van der Waals surface area contributed by atoms with Gasteiger partial charge in [0.2, 0.25) is 5.91 Å².